The fraction of sp³-hybridized carbons (Fsp3) is 0.271. The second kappa shape index (κ2) is 19.9. The second-order valence-corrected chi connectivity index (χ2v) is 15.3. The highest BCUT2D eigenvalue weighted by Gasteiger charge is 2.42. The maximum Gasteiger partial charge on any atom is 0.347 e. The highest BCUT2D eigenvalue weighted by atomic mass is 19.1. The predicted molar refractivity (Wildman–Crippen MR) is 231 cm³/mol. The van der Waals surface area contributed by atoms with Crippen LogP contribution < -0.4 is 25.7 Å². The van der Waals surface area contributed by atoms with E-state index in [0.29, 0.717) is 22.1 Å². The summed E-state index contributed by atoms with van der Waals surface area (Å²) in [6.07, 6.45) is 0.668. The average molecular weight is 845 g/mol. The van der Waals surface area contributed by atoms with Gasteiger partial charge in [-0.15, -0.1) is 0 Å². The number of aliphatic hydroxyl groups is 2. The van der Waals surface area contributed by atoms with Crippen molar-refractivity contribution in [1.29, 1.82) is 0 Å². The van der Waals surface area contributed by atoms with Crippen LogP contribution in [0.15, 0.2) is 126 Å². The number of aliphatic hydroxyl groups excluding tert-OH is 1. The van der Waals surface area contributed by atoms with E-state index in [1.165, 1.54) is 49.1 Å². The van der Waals surface area contributed by atoms with Gasteiger partial charge in [-0.05, 0) is 78.9 Å². The van der Waals surface area contributed by atoms with Crippen molar-refractivity contribution in [3.8, 4) is 17.2 Å². The molecule has 7 rings (SSSR count). The lowest BCUT2D eigenvalue weighted by Gasteiger charge is -2.33. The second-order valence-electron chi connectivity index (χ2n) is 15.3. The Morgan fingerprint density at radius 2 is 1.65 bits per heavy atom. The lowest BCUT2D eigenvalue weighted by Crippen LogP contribution is -2.40. The summed E-state index contributed by atoms with van der Waals surface area (Å²) in [7, 11) is 1.40. The molecule has 0 spiro atoms. The molecule has 14 heteroatoms. The smallest absolute Gasteiger partial charge is 0.347 e. The lowest BCUT2D eigenvalue weighted by atomic mass is 9.86. The summed E-state index contributed by atoms with van der Waals surface area (Å²) >= 11 is 0. The van der Waals surface area contributed by atoms with Gasteiger partial charge >= 0.3 is 5.97 Å². The number of phenols is 1. The van der Waals surface area contributed by atoms with Gasteiger partial charge in [0.25, 0.3) is 5.91 Å². The number of hydrogen-bond donors (Lipinski definition) is 6. The Balaban J connectivity index is 0.946. The zero-order valence-electron chi connectivity index (χ0n) is 34.2. The molecule has 0 bridgehead atoms. The number of fused-ring (bicyclic) bond motifs is 1. The molecule has 1 saturated heterocycles. The van der Waals surface area contributed by atoms with Crippen LogP contribution in [0.3, 0.4) is 0 Å². The molecule has 1 amide bonds. The van der Waals surface area contributed by atoms with Gasteiger partial charge in [0.05, 0.1) is 31.0 Å². The fourth-order valence-corrected chi connectivity index (χ4v) is 7.70. The largest absolute Gasteiger partial charge is 0.506 e. The number of ether oxygens (including phenoxy) is 3. The van der Waals surface area contributed by atoms with Crippen molar-refractivity contribution in [3.63, 3.8) is 0 Å². The van der Waals surface area contributed by atoms with Crippen LogP contribution in [0.1, 0.15) is 46.8 Å². The first kappa shape index (κ1) is 43.5. The number of methoxy groups -OCH3 is 1. The lowest BCUT2D eigenvalue weighted by molar-refractivity contribution is -0.164. The predicted octanol–water partition coefficient (Wildman–Crippen LogP) is 5.91. The molecule has 5 aromatic carbocycles. The third kappa shape index (κ3) is 10.3. The fourth-order valence-electron chi connectivity index (χ4n) is 7.70. The number of benzene rings is 5. The molecule has 0 unspecified atom stereocenters. The summed E-state index contributed by atoms with van der Waals surface area (Å²) in [5, 5.41) is 39.3. The van der Waals surface area contributed by atoms with E-state index in [1.54, 1.807) is 54.6 Å². The quantitative estimate of drug-likeness (QED) is 0.0601. The molecule has 1 fully saturated rings. The van der Waals surface area contributed by atoms with Crippen LogP contribution in [0.5, 0.6) is 17.2 Å². The van der Waals surface area contributed by atoms with Gasteiger partial charge in [0.1, 0.15) is 23.1 Å². The number of aromatic hydroxyl groups is 1. The summed E-state index contributed by atoms with van der Waals surface area (Å²) in [5.41, 5.74) is 0.115. The number of halogens is 1. The van der Waals surface area contributed by atoms with Gasteiger partial charge in [-0.25, -0.2) is 9.18 Å². The number of nitrogens with one attached hydrogen (secondary N) is 3. The van der Waals surface area contributed by atoms with E-state index in [0.717, 1.165) is 32.5 Å². The molecule has 6 aromatic rings. The molecular weight excluding hydrogens is 796 g/mol. The molecule has 0 radical (unpaired) electrons. The molecule has 2 atom stereocenters. The molecule has 62 heavy (non-hydrogen) atoms. The SMILES string of the molecule is COc1cc(NC(=O)COc2cccc([C@](O)(C(=O)OCC3CCN(Cc4ccccc4)CC3)c3ccccc3)c2)c(F)cc1CNC[C@H](O)c1ccc(O)c2[nH]c(=O)ccc12. The van der Waals surface area contributed by atoms with E-state index in [4.69, 9.17) is 14.2 Å². The number of phenolic OH excluding ortho intramolecular Hbond substituents is 1. The summed E-state index contributed by atoms with van der Waals surface area (Å²) in [6.45, 7) is 2.38. The van der Waals surface area contributed by atoms with Crippen LogP contribution in [0.25, 0.3) is 10.9 Å². The van der Waals surface area contributed by atoms with Crippen LogP contribution in [0, 0.1) is 11.7 Å². The van der Waals surface area contributed by atoms with E-state index >= 15 is 4.39 Å². The minimum absolute atomic E-state index is 0.0417. The van der Waals surface area contributed by atoms with Crippen molar-refractivity contribution < 1.29 is 43.5 Å². The number of rotatable bonds is 17. The Kier molecular flexibility index (Phi) is 13.9. The van der Waals surface area contributed by atoms with E-state index in [2.05, 4.69) is 32.7 Å². The number of piperidine rings is 1. The zero-order valence-corrected chi connectivity index (χ0v) is 34.2. The van der Waals surface area contributed by atoms with Crippen molar-refractivity contribution in [2.75, 3.05) is 45.3 Å². The minimum atomic E-state index is -2.17. The van der Waals surface area contributed by atoms with Crippen LogP contribution in [-0.4, -0.2) is 77.0 Å². The van der Waals surface area contributed by atoms with Crippen molar-refractivity contribution in [1.82, 2.24) is 15.2 Å². The Labute approximate surface area is 357 Å². The Morgan fingerprint density at radius 1 is 0.919 bits per heavy atom. The van der Waals surface area contributed by atoms with E-state index in [-0.39, 0.29) is 59.6 Å². The molecule has 1 aliphatic rings. The van der Waals surface area contributed by atoms with Gasteiger partial charge in [-0.3, -0.25) is 14.5 Å². The standard InChI is InChI=1S/C48H49FN4O9/c1-60-43-25-40(39(49)23-33(43)26-50-27-42(55)37-15-17-41(54)46-38(37)16-18-44(56)52-46)51-45(57)30-61-36-14-8-13-35(24-36)48(59,34-11-6-3-7-12-34)47(58)62-29-32-19-21-53(22-20-32)28-31-9-4-2-5-10-31/h2-18,23-25,32,42,50,54-55,59H,19-22,26-30H2,1H3,(H,51,57)(H,52,56)/t42-,48-/m0/s1. The molecule has 1 aromatic heterocycles. The number of aromatic amines is 1. The highest BCUT2D eigenvalue weighted by Crippen LogP contribution is 2.34. The number of pyridine rings is 1. The molecule has 6 N–H and O–H groups in total. The Bertz CT molecular complexity index is 2550. The average Bonchev–Trinajstić information content (AvgIpc) is 3.29. The number of aromatic nitrogens is 1. The van der Waals surface area contributed by atoms with Crippen LogP contribution in [0.4, 0.5) is 10.1 Å². The van der Waals surface area contributed by atoms with E-state index in [1.807, 2.05) is 18.2 Å². The molecule has 0 aliphatic carbocycles. The van der Waals surface area contributed by atoms with Crippen LogP contribution in [-0.2, 0) is 33.0 Å². The summed E-state index contributed by atoms with van der Waals surface area (Å²) in [6, 6.07) is 33.3. The van der Waals surface area contributed by atoms with E-state index in [9.17, 15) is 29.7 Å². The van der Waals surface area contributed by atoms with Gasteiger partial charge in [-0.2, -0.15) is 0 Å². The summed E-state index contributed by atoms with van der Waals surface area (Å²) < 4.78 is 32.5. The first-order chi connectivity index (χ1) is 30.0. The first-order valence-electron chi connectivity index (χ1n) is 20.4. The Morgan fingerprint density at radius 3 is 2.39 bits per heavy atom. The number of carbonyl (C=O) groups is 2. The van der Waals surface area contributed by atoms with Crippen LogP contribution in [0.2, 0.25) is 0 Å². The molecule has 13 nitrogen and oxygen atoms in total. The topological polar surface area (TPSA) is 183 Å². The highest BCUT2D eigenvalue weighted by molar-refractivity contribution is 5.92. The number of esters is 1. The third-order valence-corrected chi connectivity index (χ3v) is 11.1. The van der Waals surface area contributed by atoms with Gasteiger partial charge in [0.2, 0.25) is 11.2 Å². The number of anilines is 1. The molecule has 0 saturated carbocycles. The number of H-pyrrole nitrogens is 1. The number of hydrogen-bond acceptors (Lipinski definition) is 11. The van der Waals surface area contributed by atoms with Crippen molar-refractivity contribution in [2.24, 2.45) is 5.92 Å². The maximum absolute atomic E-state index is 15.4. The summed E-state index contributed by atoms with van der Waals surface area (Å²) in [4.78, 5) is 43.6. The molecule has 322 valence electrons. The van der Waals surface area contributed by atoms with Crippen molar-refractivity contribution >= 4 is 28.5 Å². The minimum Gasteiger partial charge on any atom is -0.506 e. The molecule has 2 heterocycles. The normalized spacial score (nSPS) is 14.8. The first-order valence-corrected chi connectivity index (χ1v) is 20.4. The van der Waals surface area contributed by atoms with Gasteiger partial charge in [0, 0.05) is 48.3 Å². The van der Waals surface area contributed by atoms with Gasteiger partial charge in [-0.1, -0.05) is 78.9 Å². The Hall–Kier alpha value is -6.58. The number of likely N-dealkylation sites (tertiary alicyclic amines) is 1. The number of amides is 1. The molecule has 1 aliphatic heterocycles. The monoisotopic (exact) mass is 844 g/mol. The van der Waals surface area contributed by atoms with E-state index < -0.39 is 41.6 Å². The molecular formula is C48H49FN4O9. The zero-order chi connectivity index (χ0) is 43.6. The van der Waals surface area contributed by atoms with Gasteiger partial charge in [0.15, 0.2) is 6.61 Å². The van der Waals surface area contributed by atoms with Gasteiger partial charge < -0.3 is 45.1 Å². The van der Waals surface area contributed by atoms with Crippen molar-refractivity contribution in [3.05, 3.63) is 165 Å². The number of carbonyl (C=O) groups excluding carboxylic acids is 2. The van der Waals surface area contributed by atoms with Crippen LogP contribution >= 0.6 is 0 Å². The number of nitrogens with zero attached hydrogens (tertiary/aromatic N) is 1. The third-order valence-electron chi connectivity index (χ3n) is 11.1. The van der Waals surface area contributed by atoms with Crippen molar-refractivity contribution in [2.45, 2.75) is 37.6 Å². The summed E-state index contributed by atoms with van der Waals surface area (Å²) in [5.74, 6) is -1.78. The maximum atomic E-state index is 15.4.